The van der Waals surface area contributed by atoms with Crippen molar-refractivity contribution in [3.05, 3.63) is 47.7 Å². The topological polar surface area (TPSA) is 79.8 Å². The smallest absolute Gasteiger partial charge is 0.259 e. The Morgan fingerprint density at radius 3 is 2.82 bits per heavy atom. The lowest BCUT2D eigenvalue weighted by atomic mass is 10.1. The van der Waals surface area contributed by atoms with Gasteiger partial charge in [0.05, 0.1) is 5.52 Å². The highest BCUT2D eigenvalue weighted by molar-refractivity contribution is 6.02. The van der Waals surface area contributed by atoms with E-state index in [-0.39, 0.29) is 5.57 Å². The zero-order chi connectivity index (χ0) is 12.3. The highest BCUT2D eigenvalue weighted by Crippen LogP contribution is 2.18. The summed E-state index contributed by atoms with van der Waals surface area (Å²) in [6.07, 6.45) is 3.11. The van der Waals surface area contributed by atoms with Gasteiger partial charge in [-0.25, -0.2) is 0 Å². The van der Waals surface area contributed by atoms with Crippen LogP contribution < -0.4 is 5.73 Å². The van der Waals surface area contributed by atoms with Crippen LogP contribution in [-0.4, -0.2) is 10.9 Å². The fraction of sp³-hybridized carbons (Fsp3) is 0. The average molecular weight is 223 g/mol. The van der Waals surface area contributed by atoms with E-state index in [4.69, 9.17) is 11.0 Å². The number of nitriles is 1. The summed E-state index contributed by atoms with van der Waals surface area (Å²) in [6.45, 7) is 0. The van der Waals surface area contributed by atoms with E-state index in [9.17, 15) is 4.79 Å². The molecule has 0 fully saturated rings. The Morgan fingerprint density at radius 1 is 1.35 bits per heavy atom. The number of carbonyl (C=O) groups is 1. The molecule has 0 bridgehead atoms. The molecule has 1 aromatic heterocycles. The molecule has 82 valence electrons. The number of hydrogen-bond acceptors (Lipinski definition) is 3. The number of fused-ring (bicyclic) bond motifs is 1. The Kier molecular flexibility index (Phi) is 2.84. The van der Waals surface area contributed by atoms with Gasteiger partial charge in [-0.15, -0.1) is 0 Å². The minimum atomic E-state index is -0.728. The van der Waals surface area contributed by atoms with Crippen LogP contribution in [0.5, 0.6) is 0 Å². The molecule has 1 heterocycles. The summed E-state index contributed by atoms with van der Waals surface area (Å²) < 4.78 is 0. The van der Waals surface area contributed by atoms with Gasteiger partial charge in [0, 0.05) is 11.6 Å². The second-order valence-corrected chi connectivity index (χ2v) is 3.45. The second kappa shape index (κ2) is 4.45. The van der Waals surface area contributed by atoms with E-state index >= 15 is 0 Å². The van der Waals surface area contributed by atoms with E-state index in [2.05, 4.69) is 4.98 Å². The van der Waals surface area contributed by atoms with Gasteiger partial charge < -0.3 is 5.73 Å². The third-order valence-corrected chi connectivity index (χ3v) is 2.37. The number of pyridine rings is 1. The maximum absolute atomic E-state index is 11.0. The minimum absolute atomic E-state index is 0.0682. The summed E-state index contributed by atoms with van der Waals surface area (Å²) >= 11 is 0. The van der Waals surface area contributed by atoms with Crippen molar-refractivity contribution in [3.63, 3.8) is 0 Å². The van der Waals surface area contributed by atoms with Crippen molar-refractivity contribution in [3.8, 4) is 6.07 Å². The Hall–Kier alpha value is -2.67. The zero-order valence-electron chi connectivity index (χ0n) is 8.92. The van der Waals surface area contributed by atoms with E-state index in [0.29, 0.717) is 0 Å². The molecular formula is C13H9N3O. The first-order valence-corrected chi connectivity index (χ1v) is 4.97. The van der Waals surface area contributed by atoms with Gasteiger partial charge in [0.2, 0.25) is 0 Å². The Bertz CT molecular complexity index is 648. The van der Waals surface area contributed by atoms with E-state index in [1.54, 1.807) is 18.3 Å². The molecule has 0 atom stereocenters. The molecule has 0 aliphatic carbocycles. The van der Waals surface area contributed by atoms with Gasteiger partial charge in [-0.1, -0.05) is 18.2 Å². The standard InChI is InChI=1S/C13H9N3O/c14-8-10(13(15)17)7-9-5-6-16-12-4-2-1-3-11(9)12/h1-7H,(H2,15,17). The SMILES string of the molecule is N#CC(=Cc1ccnc2ccccc12)C(N)=O. The number of primary amides is 1. The average Bonchev–Trinajstić information content (AvgIpc) is 2.35. The predicted octanol–water partition coefficient (Wildman–Crippen LogP) is 1.63. The van der Waals surface area contributed by atoms with E-state index in [0.717, 1.165) is 16.5 Å². The van der Waals surface area contributed by atoms with Crippen LogP contribution >= 0.6 is 0 Å². The fourth-order valence-electron chi connectivity index (χ4n) is 1.56. The molecular weight excluding hydrogens is 214 g/mol. The van der Waals surface area contributed by atoms with Crippen molar-refractivity contribution < 1.29 is 4.79 Å². The number of aromatic nitrogens is 1. The van der Waals surface area contributed by atoms with E-state index < -0.39 is 5.91 Å². The molecule has 2 N–H and O–H groups in total. The molecule has 1 aromatic carbocycles. The molecule has 0 saturated carbocycles. The van der Waals surface area contributed by atoms with Crippen molar-refractivity contribution in [2.75, 3.05) is 0 Å². The maximum atomic E-state index is 11.0. The molecule has 17 heavy (non-hydrogen) atoms. The van der Waals surface area contributed by atoms with Crippen LogP contribution in [0.3, 0.4) is 0 Å². The lowest BCUT2D eigenvalue weighted by Crippen LogP contribution is -2.12. The molecule has 0 saturated heterocycles. The summed E-state index contributed by atoms with van der Waals surface area (Å²) in [5, 5.41) is 9.67. The minimum Gasteiger partial charge on any atom is -0.365 e. The molecule has 0 radical (unpaired) electrons. The number of rotatable bonds is 2. The third-order valence-electron chi connectivity index (χ3n) is 2.37. The molecule has 0 aliphatic heterocycles. The Morgan fingerprint density at radius 2 is 2.12 bits per heavy atom. The van der Waals surface area contributed by atoms with Crippen molar-refractivity contribution in [2.45, 2.75) is 0 Å². The van der Waals surface area contributed by atoms with Gasteiger partial charge >= 0.3 is 0 Å². The third kappa shape index (κ3) is 2.13. The van der Waals surface area contributed by atoms with Crippen LogP contribution in [-0.2, 0) is 4.79 Å². The first kappa shape index (κ1) is 10.8. The first-order chi connectivity index (χ1) is 8.22. The lowest BCUT2D eigenvalue weighted by molar-refractivity contribution is -0.114. The van der Waals surface area contributed by atoms with Crippen molar-refractivity contribution in [2.24, 2.45) is 5.73 Å². The molecule has 4 heteroatoms. The molecule has 2 rings (SSSR count). The van der Waals surface area contributed by atoms with Gasteiger partial charge in [-0.05, 0) is 23.8 Å². The van der Waals surface area contributed by atoms with Gasteiger partial charge in [-0.3, -0.25) is 9.78 Å². The van der Waals surface area contributed by atoms with Crippen LogP contribution in [0, 0.1) is 11.3 Å². The monoisotopic (exact) mass is 223 g/mol. The number of nitrogens with zero attached hydrogens (tertiary/aromatic N) is 2. The normalized spacial score (nSPS) is 11.1. The molecule has 0 spiro atoms. The van der Waals surface area contributed by atoms with Crippen LogP contribution in [0.15, 0.2) is 42.1 Å². The predicted molar refractivity (Wildman–Crippen MR) is 64.5 cm³/mol. The highest BCUT2D eigenvalue weighted by Gasteiger charge is 2.05. The molecule has 1 amide bonds. The van der Waals surface area contributed by atoms with Crippen LogP contribution in [0.25, 0.3) is 17.0 Å². The summed E-state index contributed by atoms with van der Waals surface area (Å²) in [4.78, 5) is 15.2. The van der Waals surface area contributed by atoms with Crippen molar-refractivity contribution in [1.29, 1.82) is 5.26 Å². The van der Waals surface area contributed by atoms with Gasteiger partial charge in [-0.2, -0.15) is 5.26 Å². The Labute approximate surface area is 98.0 Å². The number of benzene rings is 1. The Balaban J connectivity index is 2.65. The lowest BCUT2D eigenvalue weighted by Gasteiger charge is -2.01. The van der Waals surface area contributed by atoms with Gasteiger partial charge in [0.25, 0.3) is 5.91 Å². The van der Waals surface area contributed by atoms with Crippen LogP contribution in [0.4, 0.5) is 0 Å². The van der Waals surface area contributed by atoms with E-state index in [1.165, 1.54) is 6.08 Å². The van der Waals surface area contributed by atoms with Gasteiger partial charge in [0.1, 0.15) is 11.6 Å². The summed E-state index contributed by atoms with van der Waals surface area (Å²) in [6, 6.07) is 11.0. The second-order valence-electron chi connectivity index (χ2n) is 3.45. The van der Waals surface area contributed by atoms with Crippen molar-refractivity contribution >= 4 is 22.9 Å². The quantitative estimate of drug-likeness (QED) is 0.620. The number of carbonyl (C=O) groups excluding carboxylic acids is 1. The highest BCUT2D eigenvalue weighted by atomic mass is 16.1. The largest absolute Gasteiger partial charge is 0.365 e. The van der Waals surface area contributed by atoms with E-state index in [1.807, 2.05) is 24.3 Å². The number of amides is 1. The maximum Gasteiger partial charge on any atom is 0.259 e. The first-order valence-electron chi connectivity index (χ1n) is 4.97. The van der Waals surface area contributed by atoms with Crippen LogP contribution in [0.1, 0.15) is 5.56 Å². The molecule has 4 nitrogen and oxygen atoms in total. The summed E-state index contributed by atoms with van der Waals surface area (Å²) in [5.74, 6) is -0.728. The summed E-state index contributed by atoms with van der Waals surface area (Å²) in [7, 11) is 0. The zero-order valence-corrected chi connectivity index (χ0v) is 8.92. The fourth-order valence-corrected chi connectivity index (χ4v) is 1.56. The van der Waals surface area contributed by atoms with Crippen molar-refractivity contribution in [1.82, 2.24) is 4.98 Å². The number of para-hydroxylation sites is 1. The molecule has 0 aliphatic rings. The van der Waals surface area contributed by atoms with Crippen LogP contribution in [0.2, 0.25) is 0 Å². The summed E-state index contributed by atoms with van der Waals surface area (Å²) in [5.41, 5.74) is 6.59. The number of hydrogen-bond donors (Lipinski definition) is 1. The van der Waals surface area contributed by atoms with Gasteiger partial charge in [0.15, 0.2) is 0 Å². The molecule has 2 aromatic rings. The number of nitrogens with two attached hydrogens (primary N) is 1. The molecule has 0 unspecified atom stereocenters.